The highest BCUT2D eigenvalue weighted by atomic mass is 32.1. The van der Waals surface area contributed by atoms with Crippen molar-refractivity contribution in [1.29, 1.82) is 0 Å². The van der Waals surface area contributed by atoms with Gasteiger partial charge < -0.3 is 15.5 Å². The molecule has 2 N–H and O–H groups in total. The number of hydrogen-bond donors (Lipinski definition) is 3. The molecule has 0 amide bonds. The molecule has 212 valence electrons. The SMILES string of the molecule is CN(C)c1ccc2ccccc2c1-c1c(NC(S)Nc2cc(C(F)(F)F)cc(C(F)(F)F)c2)ccc2ccccc12. The van der Waals surface area contributed by atoms with E-state index >= 15 is 0 Å². The molecule has 0 bridgehead atoms. The van der Waals surface area contributed by atoms with Crippen molar-refractivity contribution in [3.8, 4) is 11.1 Å². The normalized spacial score (nSPS) is 12.9. The van der Waals surface area contributed by atoms with Crippen LogP contribution in [-0.2, 0) is 12.4 Å². The Labute approximate surface area is 238 Å². The third-order valence-electron chi connectivity index (χ3n) is 6.75. The summed E-state index contributed by atoms with van der Waals surface area (Å²) in [6.07, 6.45) is -9.92. The van der Waals surface area contributed by atoms with Gasteiger partial charge in [0, 0.05) is 42.3 Å². The average molecular weight is 586 g/mol. The van der Waals surface area contributed by atoms with E-state index in [4.69, 9.17) is 0 Å². The van der Waals surface area contributed by atoms with E-state index in [0.29, 0.717) is 17.8 Å². The number of thiol groups is 1. The Morgan fingerprint density at radius 3 is 1.68 bits per heavy atom. The summed E-state index contributed by atoms with van der Waals surface area (Å²) < 4.78 is 80.4. The molecule has 5 rings (SSSR count). The minimum atomic E-state index is -4.96. The van der Waals surface area contributed by atoms with Crippen LogP contribution in [0.15, 0.2) is 91.0 Å². The Kier molecular flexibility index (Phi) is 7.46. The number of nitrogens with one attached hydrogen (secondary N) is 2. The molecule has 0 aliphatic carbocycles. The lowest BCUT2D eigenvalue weighted by atomic mass is 9.90. The molecule has 1 atom stereocenters. The fourth-order valence-corrected chi connectivity index (χ4v) is 5.22. The van der Waals surface area contributed by atoms with Crippen LogP contribution in [0.4, 0.5) is 43.4 Å². The van der Waals surface area contributed by atoms with Crippen molar-refractivity contribution in [1.82, 2.24) is 0 Å². The number of hydrogen-bond acceptors (Lipinski definition) is 4. The fourth-order valence-electron chi connectivity index (χ4n) is 4.94. The third-order valence-corrected chi connectivity index (χ3v) is 7.01. The van der Waals surface area contributed by atoms with Gasteiger partial charge in [0.25, 0.3) is 0 Å². The average Bonchev–Trinajstić information content (AvgIpc) is 2.91. The first-order valence-corrected chi connectivity index (χ1v) is 13.1. The minimum Gasteiger partial charge on any atom is -0.377 e. The van der Waals surface area contributed by atoms with Crippen molar-refractivity contribution < 1.29 is 26.3 Å². The molecule has 0 heterocycles. The fraction of sp³-hybridized carbons (Fsp3) is 0.161. The molecule has 10 heteroatoms. The molecular weight excluding hydrogens is 560 g/mol. The summed E-state index contributed by atoms with van der Waals surface area (Å²) in [4.78, 5) is 1.99. The first-order chi connectivity index (χ1) is 19.3. The van der Waals surface area contributed by atoms with Gasteiger partial charge in [-0.05, 0) is 51.9 Å². The standard InChI is InChI=1S/C31H25F6N3S/c1-40(2)26-14-12-19-8-4-6-10-24(19)28(26)27-23-9-5-3-7-18(23)11-13-25(27)39-29(41)38-22-16-20(30(32,33)34)15-21(17-22)31(35,36)37/h3-17,29,38-39,41H,1-2H3. The lowest BCUT2D eigenvalue weighted by Gasteiger charge is -2.25. The van der Waals surface area contributed by atoms with Crippen LogP contribution in [0.5, 0.6) is 0 Å². The molecule has 0 saturated carbocycles. The molecule has 5 aromatic carbocycles. The highest BCUT2D eigenvalue weighted by Crippen LogP contribution is 2.45. The molecule has 0 aliphatic rings. The zero-order valence-corrected chi connectivity index (χ0v) is 22.8. The smallest absolute Gasteiger partial charge is 0.377 e. The minimum absolute atomic E-state index is 0.0941. The van der Waals surface area contributed by atoms with Crippen molar-refractivity contribution in [2.45, 2.75) is 17.9 Å². The molecular formula is C31H25F6N3S. The number of fused-ring (bicyclic) bond motifs is 2. The van der Waals surface area contributed by atoms with E-state index < -0.39 is 29.0 Å². The summed E-state index contributed by atoms with van der Waals surface area (Å²) in [5.74, 6) is 0. The number of rotatable bonds is 6. The van der Waals surface area contributed by atoms with Gasteiger partial charge >= 0.3 is 12.4 Å². The topological polar surface area (TPSA) is 27.3 Å². The summed E-state index contributed by atoms with van der Waals surface area (Å²) in [5.41, 5.74) is -0.964. The van der Waals surface area contributed by atoms with Gasteiger partial charge in [-0.15, -0.1) is 12.6 Å². The summed E-state index contributed by atoms with van der Waals surface area (Å²) in [7, 11) is 3.86. The van der Waals surface area contributed by atoms with Crippen molar-refractivity contribution in [2.24, 2.45) is 0 Å². The summed E-state index contributed by atoms with van der Waals surface area (Å²) in [6.45, 7) is 0. The lowest BCUT2D eigenvalue weighted by Crippen LogP contribution is -2.24. The highest BCUT2D eigenvalue weighted by molar-refractivity contribution is 7.81. The van der Waals surface area contributed by atoms with Crippen LogP contribution >= 0.6 is 12.6 Å². The third kappa shape index (κ3) is 5.88. The number of nitrogens with zero attached hydrogens (tertiary/aromatic N) is 1. The Balaban J connectivity index is 1.63. The molecule has 41 heavy (non-hydrogen) atoms. The summed E-state index contributed by atoms with van der Waals surface area (Å²) >= 11 is 4.47. The van der Waals surface area contributed by atoms with Gasteiger partial charge in [-0.25, -0.2) is 0 Å². The number of anilines is 3. The molecule has 0 saturated heterocycles. The predicted octanol–water partition coefficient (Wildman–Crippen LogP) is 9.50. The zero-order chi connectivity index (χ0) is 29.5. The van der Waals surface area contributed by atoms with Gasteiger partial charge in [-0.2, -0.15) is 26.3 Å². The van der Waals surface area contributed by atoms with E-state index in [0.717, 1.165) is 38.4 Å². The van der Waals surface area contributed by atoms with Crippen molar-refractivity contribution in [3.05, 3.63) is 102 Å². The highest BCUT2D eigenvalue weighted by Gasteiger charge is 2.37. The van der Waals surface area contributed by atoms with Crippen molar-refractivity contribution in [3.63, 3.8) is 0 Å². The van der Waals surface area contributed by atoms with Crippen LogP contribution in [0.3, 0.4) is 0 Å². The van der Waals surface area contributed by atoms with Gasteiger partial charge in [-0.1, -0.05) is 60.7 Å². The summed E-state index contributed by atoms with van der Waals surface area (Å²) in [6, 6.07) is 24.8. The Morgan fingerprint density at radius 1 is 0.634 bits per heavy atom. The van der Waals surface area contributed by atoms with Gasteiger partial charge in [0.15, 0.2) is 0 Å². The molecule has 0 aromatic heterocycles. The van der Waals surface area contributed by atoms with Crippen LogP contribution in [0.1, 0.15) is 11.1 Å². The van der Waals surface area contributed by atoms with Crippen molar-refractivity contribution >= 4 is 51.2 Å². The maximum Gasteiger partial charge on any atom is 0.416 e. The molecule has 3 nitrogen and oxygen atoms in total. The van der Waals surface area contributed by atoms with E-state index in [9.17, 15) is 26.3 Å². The van der Waals surface area contributed by atoms with Gasteiger partial charge in [0.1, 0.15) is 5.50 Å². The lowest BCUT2D eigenvalue weighted by molar-refractivity contribution is -0.143. The summed E-state index contributed by atoms with van der Waals surface area (Å²) in [5, 5.41) is 9.69. The van der Waals surface area contributed by atoms with E-state index in [2.05, 4.69) is 23.3 Å². The quantitative estimate of drug-likeness (QED) is 0.105. The molecule has 1 unspecified atom stereocenters. The Hall–Kier alpha value is -4.05. The van der Waals surface area contributed by atoms with E-state index in [-0.39, 0.29) is 11.8 Å². The zero-order valence-electron chi connectivity index (χ0n) is 21.9. The van der Waals surface area contributed by atoms with Crippen LogP contribution in [0.2, 0.25) is 0 Å². The maximum absolute atomic E-state index is 13.4. The largest absolute Gasteiger partial charge is 0.416 e. The maximum atomic E-state index is 13.4. The van der Waals surface area contributed by atoms with E-state index in [1.54, 1.807) is 0 Å². The Bertz CT molecular complexity index is 1700. The number of halogens is 6. The molecule has 0 radical (unpaired) electrons. The van der Waals surface area contributed by atoms with Crippen LogP contribution in [0, 0.1) is 0 Å². The van der Waals surface area contributed by atoms with Gasteiger partial charge in [0.05, 0.1) is 11.1 Å². The van der Waals surface area contributed by atoms with E-state index in [1.165, 1.54) is 0 Å². The van der Waals surface area contributed by atoms with Gasteiger partial charge in [-0.3, -0.25) is 0 Å². The molecule has 0 fully saturated rings. The first-order valence-electron chi connectivity index (χ1n) is 12.5. The monoisotopic (exact) mass is 585 g/mol. The second kappa shape index (κ2) is 10.7. The first kappa shape index (κ1) is 28.5. The number of benzene rings is 5. The van der Waals surface area contributed by atoms with Crippen LogP contribution in [0.25, 0.3) is 32.7 Å². The Morgan fingerprint density at radius 2 is 1.15 bits per heavy atom. The van der Waals surface area contributed by atoms with Crippen LogP contribution in [-0.4, -0.2) is 19.6 Å². The molecule has 0 aliphatic heterocycles. The van der Waals surface area contributed by atoms with Gasteiger partial charge in [0.2, 0.25) is 0 Å². The van der Waals surface area contributed by atoms with Crippen LogP contribution < -0.4 is 15.5 Å². The van der Waals surface area contributed by atoms with E-state index in [1.807, 2.05) is 91.8 Å². The second-order valence-electron chi connectivity index (χ2n) is 9.77. The van der Waals surface area contributed by atoms with Crippen molar-refractivity contribution in [2.75, 3.05) is 29.6 Å². The predicted molar refractivity (Wildman–Crippen MR) is 158 cm³/mol. The molecule has 0 spiro atoms. The second-order valence-corrected chi connectivity index (χ2v) is 10.3. The molecule has 5 aromatic rings. The number of alkyl halides is 6.